The fourth-order valence-electron chi connectivity index (χ4n) is 1.16. The van der Waals surface area contributed by atoms with E-state index in [1.807, 2.05) is 0 Å². The van der Waals surface area contributed by atoms with Crippen molar-refractivity contribution >= 4 is 5.78 Å². The van der Waals surface area contributed by atoms with Crippen LogP contribution in [-0.4, -0.2) is 12.4 Å². The summed E-state index contributed by atoms with van der Waals surface area (Å²) in [6.07, 6.45) is 2.36. The molecule has 0 aromatic heterocycles. The van der Waals surface area contributed by atoms with Gasteiger partial charge in [0, 0.05) is 6.07 Å². The number of hydrogen-bond acceptors (Lipinski definition) is 2. The molecule has 0 fully saturated rings. The fraction of sp³-hybridized carbons (Fsp3) is 0.250. The minimum Gasteiger partial charge on any atom is -0.492 e. The Labute approximate surface area is 88.4 Å². The number of Topliss-reactive ketones (excluding diaryl/α,β-unsaturated/α-hetero) is 1. The zero-order chi connectivity index (χ0) is 11.3. The average Bonchev–Trinajstić information content (AvgIpc) is 2.18. The van der Waals surface area contributed by atoms with Crippen LogP contribution in [0.1, 0.15) is 23.7 Å². The van der Waals surface area contributed by atoms with Crippen LogP contribution in [0.5, 0.6) is 5.75 Å². The number of benzene rings is 1. The van der Waals surface area contributed by atoms with Gasteiger partial charge < -0.3 is 4.74 Å². The lowest BCUT2D eigenvalue weighted by molar-refractivity contribution is 0.101. The van der Waals surface area contributed by atoms with Crippen molar-refractivity contribution in [3.63, 3.8) is 0 Å². The molecule has 80 valence electrons. The SMILES string of the molecule is C=CCCOc1cc(F)ccc1C(C)=O. The Hall–Kier alpha value is -1.64. The molecule has 1 rings (SSSR count). The monoisotopic (exact) mass is 208 g/mol. The molecular weight excluding hydrogens is 195 g/mol. The molecule has 0 heterocycles. The van der Waals surface area contributed by atoms with E-state index in [4.69, 9.17) is 4.74 Å². The minimum atomic E-state index is -0.409. The highest BCUT2D eigenvalue weighted by Gasteiger charge is 2.09. The van der Waals surface area contributed by atoms with Crippen molar-refractivity contribution in [2.45, 2.75) is 13.3 Å². The van der Waals surface area contributed by atoms with E-state index in [0.717, 1.165) is 0 Å². The second kappa shape index (κ2) is 5.29. The molecule has 0 N–H and O–H groups in total. The molecule has 0 radical (unpaired) electrons. The molecule has 15 heavy (non-hydrogen) atoms. The van der Waals surface area contributed by atoms with Crippen LogP contribution in [0, 0.1) is 5.82 Å². The maximum Gasteiger partial charge on any atom is 0.163 e. The lowest BCUT2D eigenvalue weighted by atomic mass is 10.1. The Kier molecular flexibility index (Phi) is 4.03. The normalized spacial score (nSPS) is 9.73. The summed E-state index contributed by atoms with van der Waals surface area (Å²) in [5, 5.41) is 0. The van der Waals surface area contributed by atoms with Gasteiger partial charge in [-0.05, 0) is 25.5 Å². The van der Waals surface area contributed by atoms with Gasteiger partial charge in [0.05, 0.1) is 12.2 Å². The zero-order valence-corrected chi connectivity index (χ0v) is 8.63. The molecule has 1 aromatic carbocycles. The maximum absolute atomic E-state index is 12.9. The van der Waals surface area contributed by atoms with Crippen LogP contribution < -0.4 is 4.74 Å². The minimum absolute atomic E-state index is 0.136. The summed E-state index contributed by atoms with van der Waals surface area (Å²) < 4.78 is 18.2. The quantitative estimate of drug-likeness (QED) is 0.422. The van der Waals surface area contributed by atoms with Gasteiger partial charge in [0.2, 0.25) is 0 Å². The highest BCUT2D eigenvalue weighted by atomic mass is 19.1. The number of carbonyl (C=O) groups excluding carboxylic acids is 1. The summed E-state index contributed by atoms with van der Waals surface area (Å²) >= 11 is 0. The topological polar surface area (TPSA) is 26.3 Å². The largest absolute Gasteiger partial charge is 0.492 e. The van der Waals surface area contributed by atoms with E-state index in [2.05, 4.69) is 6.58 Å². The summed E-state index contributed by atoms with van der Waals surface area (Å²) in [5.74, 6) is -0.249. The third kappa shape index (κ3) is 3.20. The molecule has 0 amide bonds. The molecule has 2 nitrogen and oxygen atoms in total. The van der Waals surface area contributed by atoms with Crippen molar-refractivity contribution in [3.05, 3.63) is 42.2 Å². The fourth-order valence-corrected chi connectivity index (χ4v) is 1.16. The number of halogens is 1. The van der Waals surface area contributed by atoms with Crippen molar-refractivity contribution in [3.8, 4) is 5.75 Å². The third-order valence-corrected chi connectivity index (χ3v) is 1.90. The lowest BCUT2D eigenvalue weighted by Gasteiger charge is -2.08. The summed E-state index contributed by atoms with van der Waals surface area (Å²) in [6, 6.07) is 3.90. The van der Waals surface area contributed by atoms with Gasteiger partial charge in [0.15, 0.2) is 5.78 Å². The molecule has 0 saturated carbocycles. The van der Waals surface area contributed by atoms with Crippen LogP contribution in [0.25, 0.3) is 0 Å². The lowest BCUT2D eigenvalue weighted by Crippen LogP contribution is -2.02. The predicted octanol–water partition coefficient (Wildman–Crippen LogP) is 2.98. The molecule has 0 unspecified atom stereocenters. The van der Waals surface area contributed by atoms with Gasteiger partial charge >= 0.3 is 0 Å². The van der Waals surface area contributed by atoms with E-state index >= 15 is 0 Å². The Bertz CT molecular complexity index is 372. The third-order valence-electron chi connectivity index (χ3n) is 1.90. The molecule has 0 aliphatic rings. The van der Waals surface area contributed by atoms with Gasteiger partial charge in [-0.25, -0.2) is 4.39 Å². The van der Waals surface area contributed by atoms with Gasteiger partial charge in [-0.2, -0.15) is 0 Å². The predicted molar refractivity (Wildman–Crippen MR) is 56.7 cm³/mol. The highest BCUT2D eigenvalue weighted by molar-refractivity contribution is 5.96. The number of ether oxygens (including phenoxy) is 1. The van der Waals surface area contributed by atoms with Crippen molar-refractivity contribution in [2.75, 3.05) is 6.61 Å². The molecule has 0 atom stereocenters. The van der Waals surface area contributed by atoms with Crippen molar-refractivity contribution in [1.82, 2.24) is 0 Å². The number of ketones is 1. The first-order valence-electron chi connectivity index (χ1n) is 4.69. The van der Waals surface area contributed by atoms with Crippen LogP contribution >= 0.6 is 0 Å². The van der Waals surface area contributed by atoms with Crippen LogP contribution in [0.2, 0.25) is 0 Å². The van der Waals surface area contributed by atoms with Crippen molar-refractivity contribution in [1.29, 1.82) is 0 Å². The molecule has 0 aliphatic heterocycles. The molecule has 0 spiro atoms. The van der Waals surface area contributed by atoms with Crippen LogP contribution in [0.3, 0.4) is 0 Å². The number of rotatable bonds is 5. The maximum atomic E-state index is 12.9. The Morgan fingerprint density at radius 1 is 1.60 bits per heavy atom. The first kappa shape index (κ1) is 11.4. The standard InChI is InChI=1S/C12H13FO2/c1-3-4-7-15-12-8-10(13)5-6-11(12)9(2)14/h3,5-6,8H,1,4,7H2,2H3. The van der Waals surface area contributed by atoms with Gasteiger partial charge in [0.25, 0.3) is 0 Å². The Balaban J connectivity index is 2.86. The van der Waals surface area contributed by atoms with E-state index in [9.17, 15) is 9.18 Å². The smallest absolute Gasteiger partial charge is 0.163 e. The number of hydrogen-bond donors (Lipinski definition) is 0. The molecular formula is C12H13FO2. The molecule has 0 bridgehead atoms. The van der Waals surface area contributed by atoms with Crippen molar-refractivity contribution in [2.24, 2.45) is 0 Å². The van der Waals surface area contributed by atoms with Crippen molar-refractivity contribution < 1.29 is 13.9 Å². The molecule has 0 saturated heterocycles. The summed E-state index contributed by atoms with van der Waals surface area (Å²) in [4.78, 5) is 11.2. The van der Waals surface area contributed by atoms with E-state index in [1.54, 1.807) is 6.08 Å². The van der Waals surface area contributed by atoms with Gasteiger partial charge in [-0.3, -0.25) is 4.79 Å². The van der Waals surface area contributed by atoms with E-state index in [1.165, 1.54) is 25.1 Å². The second-order valence-corrected chi connectivity index (χ2v) is 3.12. The summed E-state index contributed by atoms with van der Waals surface area (Å²) in [7, 11) is 0. The van der Waals surface area contributed by atoms with E-state index < -0.39 is 5.82 Å². The average molecular weight is 208 g/mol. The zero-order valence-electron chi connectivity index (χ0n) is 8.63. The van der Waals surface area contributed by atoms with E-state index in [0.29, 0.717) is 24.3 Å². The second-order valence-electron chi connectivity index (χ2n) is 3.12. The Morgan fingerprint density at radius 3 is 2.93 bits per heavy atom. The Morgan fingerprint density at radius 2 is 2.33 bits per heavy atom. The first-order valence-corrected chi connectivity index (χ1v) is 4.69. The molecule has 3 heteroatoms. The van der Waals surface area contributed by atoms with Crippen LogP contribution in [0.15, 0.2) is 30.9 Å². The highest BCUT2D eigenvalue weighted by Crippen LogP contribution is 2.20. The molecule has 0 aliphatic carbocycles. The van der Waals surface area contributed by atoms with Crippen LogP contribution in [0.4, 0.5) is 4.39 Å². The van der Waals surface area contributed by atoms with Crippen LogP contribution in [-0.2, 0) is 0 Å². The number of carbonyl (C=O) groups is 1. The van der Waals surface area contributed by atoms with E-state index in [-0.39, 0.29) is 5.78 Å². The summed E-state index contributed by atoms with van der Waals surface area (Å²) in [6.45, 7) is 5.37. The summed E-state index contributed by atoms with van der Waals surface area (Å²) in [5.41, 5.74) is 0.403. The van der Waals surface area contributed by atoms with Gasteiger partial charge in [-0.1, -0.05) is 6.08 Å². The first-order chi connectivity index (χ1) is 7.15. The van der Waals surface area contributed by atoms with Gasteiger partial charge in [0.1, 0.15) is 11.6 Å². The van der Waals surface area contributed by atoms with Gasteiger partial charge in [-0.15, -0.1) is 6.58 Å². The molecule has 1 aromatic rings.